The van der Waals surface area contributed by atoms with E-state index in [1.807, 2.05) is 21.1 Å². The molecular weight excluding hydrogens is 983 g/mol. The summed E-state index contributed by atoms with van der Waals surface area (Å²) in [4.78, 5) is 37.4. The number of carboxylic acids is 1. The number of carbonyl (C=O) groups excluding carboxylic acids is 3. The lowest BCUT2D eigenvalue weighted by molar-refractivity contribution is -0.870. The third-order valence-corrected chi connectivity index (χ3v) is 13.5. The van der Waals surface area contributed by atoms with Crippen LogP contribution in [0.1, 0.15) is 258 Å². The van der Waals surface area contributed by atoms with Crippen molar-refractivity contribution in [1.29, 1.82) is 0 Å². The fourth-order valence-electron chi connectivity index (χ4n) is 8.61. The first kappa shape index (κ1) is 75.0. The van der Waals surface area contributed by atoms with E-state index in [0.29, 0.717) is 17.4 Å². The monoisotopic (exact) mass is 1100 g/mol. The number of carboxylic acid groups (broad SMARTS) is 1. The summed E-state index contributed by atoms with van der Waals surface area (Å²) in [6.45, 7) is 4.57. The lowest BCUT2D eigenvalue weighted by Gasteiger charge is -2.26. The van der Waals surface area contributed by atoms with Crippen molar-refractivity contribution in [3.63, 3.8) is 0 Å². The van der Waals surface area contributed by atoms with Gasteiger partial charge in [0, 0.05) is 12.8 Å². The maximum Gasteiger partial charge on any atom is 0.306 e. The van der Waals surface area contributed by atoms with Crippen molar-refractivity contribution in [2.24, 2.45) is 0 Å². The van der Waals surface area contributed by atoms with Gasteiger partial charge in [0.15, 0.2) is 12.4 Å². The number of rotatable bonds is 58. The van der Waals surface area contributed by atoms with Crippen molar-refractivity contribution in [1.82, 2.24) is 0 Å². The first-order valence-corrected chi connectivity index (χ1v) is 32.0. The molecule has 0 radical (unpaired) electrons. The lowest BCUT2D eigenvalue weighted by Crippen LogP contribution is -2.44. The standard InChI is InChI=1S/C70H119NO8/c1-6-8-10-12-14-16-18-20-22-24-26-28-29-30-31-32-33-34-35-36-37-38-39-41-42-44-46-48-50-52-54-56-58-60-67(72)77-64-66(65-78-70(69(74)75)76-63-62-71(3,4)5)79-68(73)61-59-57-55-53-51-49-47-45-43-40-27-25-23-21-19-17-15-13-11-9-7-2/h9,11,15,17-18,20-21,23-24,26-27,29-30,40,45,47,51,53,66,70H,6-8,10,12-14,16,19,22,25,28,31-39,41-44,46,48-50,52,54-65H2,1-5H3/b11-9-,17-15-,20-18-,23-21-,26-24-,30-29-,40-27-,47-45-,53-51-. The van der Waals surface area contributed by atoms with Crippen molar-refractivity contribution in [2.75, 3.05) is 47.5 Å². The molecule has 9 nitrogen and oxygen atoms in total. The molecule has 0 saturated heterocycles. The second kappa shape index (κ2) is 60.1. The Morgan fingerprint density at radius 1 is 0.392 bits per heavy atom. The van der Waals surface area contributed by atoms with Gasteiger partial charge in [-0.25, -0.2) is 0 Å². The molecule has 2 atom stereocenters. The zero-order chi connectivity index (χ0) is 57.6. The molecule has 0 rings (SSSR count). The highest BCUT2D eigenvalue weighted by Gasteiger charge is 2.22. The maximum absolute atomic E-state index is 12.9. The summed E-state index contributed by atoms with van der Waals surface area (Å²) in [6.07, 6.45) is 80.2. The zero-order valence-corrected chi connectivity index (χ0v) is 51.5. The molecule has 452 valence electrons. The van der Waals surface area contributed by atoms with Gasteiger partial charge < -0.3 is 33.3 Å². The van der Waals surface area contributed by atoms with Gasteiger partial charge in [0.2, 0.25) is 0 Å². The van der Waals surface area contributed by atoms with E-state index in [2.05, 4.69) is 123 Å². The number of nitrogens with zero attached hydrogens (tertiary/aromatic N) is 1. The highest BCUT2D eigenvalue weighted by molar-refractivity contribution is 5.70. The van der Waals surface area contributed by atoms with E-state index in [-0.39, 0.29) is 38.6 Å². The lowest BCUT2D eigenvalue weighted by atomic mass is 10.0. The highest BCUT2D eigenvalue weighted by Crippen LogP contribution is 2.16. The van der Waals surface area contributed by atoms with Crippen molar-refractivity contribution in [2.45, 2.75) is 270 Å². The van der Waals surface area contributed by atoms with Crippen molar-refractivity contribution in [3.8, 4) is 0 Å². The van der Waals surface area contributed by atoms with Crippen molar-refractivity contribution >= 4 is 17.9 Å². The van der Waals surface area contributed by atoms with Crippen LogP contribution in [0, 0.1) is 0 Å². The Labute approximate surface area is 485 Å². The quantitative estimate of drug-likeness (QED) is 0.0195. The molecular formula is C70H119NO8. The smallest absolute Gasteiger partial charge is 0.306 e. The number of hydrogen-bond acceptors (Lipinski definition) is 8. The number of ether oxygens (including phenoxy) is 4. The topological polar surface area (TPSA) is 111 Å². The fraction of sp³-hybridized carbons (Fsp3) is 0.700. The second-order valence-corrected chi connectivity index (χ2v) is 22.3. The molecule has 9 heteroatoms. The molecule has 2 unspecified atom stereocenters. The Balaban J connectivity index is 4.18. The average molecular weight is 1100 g/mol. The minimum atomic E-state index is -1.64. The van der Waals surface area contributed by atoms with Crippen LogP contribution in [0.25, 0.3) is 0 Å². The van der Waals surface area contributed by atoms with Gasteiger partial charge in [-0.3, -0.25) is 9.59 Å². The summed E-state index contributed by atoms with van der Waals surface area (Å²) in [7, 11) is 5.90. The van der Waals surface area contributed by atoms with Gasteiger partial charge in [0.05, 0.1) is 40.3 Å². The number of likely N-dealkylation sites (N-methyl/N-ethyl adjacent to an activating group) is 1. The zero-order valence-electron chi connectivity index (χ0n) is 51.5. The normalized spacial score (nSPS) is 13.5. The SMILES string of the molecule is CC/C=C\C/C=C\C/C=C\C/C=C\C/C=C\C/C=C\CCCCC(=O)OC(COC(=O)CCCCCCCCCCCCCCCCCCCC/C=C\C/C=C\C/C=C\CCCCCCC)COC(OCC[N+](C)(C)C)C(=O)[O-]. The minimum Gasteiger partial charge on any atom is -0.545 e. The summed E-state index contributed by atoms with van der Waals surface area (Å²) in [6, 6.07) is 0. The number of unbranched alkanes of at least 4 members (excludes halogenated alkanes) is 25. The fourth-order valence-corrected chi connectivity index (χ4v) is 8.61. The first-order chi connectivity index (χ1) is 38.6. The van der Waals surface area contributed by atoms with E-state index >= 15 is 0 Å². The Kier molecular flexibility index (Phi) is 57.0. The van der Waals surface area contributed by atoms with Gasteiger partial charge in [0.1, 0.15) is 13.2 Å². The number of hydrogen-bond donors (Lipinski definition) is 0. The molecule has 0 amide bonds. The molecule has 0 aliphatic carbocycles. The van der Waals surface area contributed by atoms with E-state index < -0.39 is 24.3 Å². The van der Waals surface area contributed by atoms with Crippen molar-refractivity contribution in [3.05, 3.63) is 109 Å². The van der Waals surface area contributed by atoms with Gasteiger partial charge in [-0.15, -0.1) is 0 Å². The van der Waals surface area contributed by atoms with E-state index in [4.69, 9.17) is 18.9 Å². The van der Waals surface area contributed by atoms with Crippen LogP contribution in [-0.4, -0.2) is 82.3 Å². The predicted octanol–water partition coefficient (Wildman–Crippen LogP) is 18.1. The van der Waals surface area contributed by atoms with Crippen LogP contribution < -0.4 is 5.11 Å². The molecule has 0 aliphatic rings. The largest absolute Gasteiger partial charge is 0.545 e. The Morgan fingerprint density at radius 2 is 0.722 bits per heavy atom. The van der Waals surface area contributed by atoms with Gasteiger partial charge in [0.25, 0.3) is 0 Å². The van der Waals surface area contributed by atoms with Crippen LogP contribution >= 0.6 is 0 Å². The molecule has 0 saturated carbocycles. The summed E-state index contributed by atoms with van der Waals surface area (Å²) in [5.74, 6) is -2.35. The van der Waals surface area contributed by atoms with Crippen LogP contribution in [0.2, 0.25) is 0 Å². The number of allylic oxidation sites excluding steroid dienone is 18. The van der Waals surface area contributed by atoms with Crippen LogP contribution in [0.4, 0.5) is 0 Å². The Hall–Kier alpha value is -4.05. The second-order valence-electron chi connectivity index (χ2n) is 22.3. The summed E-state index contributed by atoms with van der Waals surface area (Å²) < 4.78 is 22.7. The van der Waals surface area contributed by atoms with Crippen LogP contribution in [0.15, 0.2) is 109 Å². The van der Waals surface area contributed by atoms with Crippen LogP contribution in [-0.2, 0) is 33.3 Å². The molecule has 0 aromatic heterocycles. The first-order valence-electron chi connectivity index (χ1n) is 32.0. The van der Waals surface area contributed by atoms with E-state index in [1.165, 1.54) is 141 Å². The summed E-state index contributed by atoms with van der Waals surface area (Å²) in [5, 5.41) is 11.8. The van der Waals surface area contributed by atoms with Crippen LogP contribution in [0.5, 0.6) is 0 Å². The van der Waals surface area contributed by atoms with Gasteiger partial charge >= 0.3 is 11.9 Å². The van der Waals surface area contributed by atoms with E-state index in [9.17, 15) is 19.5 Å². The number of aliphatic carboxylic acids is 1. The molecule has 0 fully saturated rings. The molecule has 0 spiro atoms. The molecule has 0 heterocycles. The minimum absolute atomic E-state index is 0.134. The summed E-state index contributed by atoms with van der Waals surface area (Å²) >= 11 is 0. The molecule has 0 N–H and O–H groups in total. The van der Waals surface area contributed by atoms with E-state index in [0.717, 1.165) is 83.5 Å². The number of quaternary nitrogens is 1. The van der Waals surface area contributed by atoms with Crippen molar-refractivity contribution < 1.29 is 42.9 Å². The van der Waals surface area contributed by atoms with Gasteiger partial charge in [-0.05, 0) is 103 Å². The number of carbonyl (C=O) groups is 3. The molecule has 0 aliphatic heterocycles. The van der Waals surface area contributed by atoms with E-state index in [1.54, 1.807) is 0 Å². The third kappa shape index (κ3) is 61.4. The molecule has 0 aromatic carbocycles. The Morgan fingerprint density at radius 3 is 1.10 bits per heavy atom. The summed E-state index contributed by atoms with van der Waals surface area (Å²) in [5.41, 5.74) is 0. The predicted molar refractivity (Wildman–Crippen MR) is 333 cm³/mol. The number of esters is 2. The van der Waals surface area contributed by atoms with Gasteiger partial charge in [-0.2, -0.15) is 0 Å². The highest BCUT2D eigenvalue weighted by atomic mass is 16.7. The molecule has 0 aromatic rings. The molecule has 79 heavy (non-hydrogen) atoms. The molecule has 0 bridgehead atoms. The average Bonchev–Trinajstić information content (AvgIpc) is 3.42. The van der Waals surface area contributed by atoms with Crippen LogP contribution in [0.3, 0.4) is 0 Å². The Bertz CT molecular complexity index is 1660. The van der Waals surface area contributed by atoms with Gasteiger partial charge in [-0.1, -0.05) is 252 Å². The third-order valence-electron chi connectivity index (χ3n) is 13.5. The maximum atomic E-state index is 12.9.